The molecule has 0 atom stereocenters. The number of nitrogens with zero attached hydrogens (tertiary/aromatic N) is 1. The van der Waals surface area contributed by atoms with Gasteiger partial charge in [0.2, 0.25) is 0 Å². The molecule has 2 aromatic rings. The van der Waals surface area contributed by atoms with Crippen LogP contribution in [0.3, 0.4) is 0 Å². The van der Waals surface area contributed by atoms with Crippen LogP contribution in [-0.4, -0.2) is 9.91 Å². The summed E-state index contributed by atoms with van der Waals surface area (Å²) in [5.41, 5.74) is 3.60. The van der Waals surface area contributed by atoms with Gasteiger partial charge in [-0.05, 0) is 37.5 Å². The Balaban J connectivity index is 2.75. The van der Waals surface area contributed by atoms with Crippen molar-refractivity contribution in [2.45, 2.75) is 20.8 Å². The molecule has 0 aliphatic rings. The molecule has 0 spiro atoms. The first-order chi connectivity index (χ1) is 8.91. The lowest BCUT2D eigenvalue weighted by Crippen LogP contribution is -2.14. The Hall–Kier alpha value is -2.43. The number of aryl methyl sites for hydroxylation is 1. The number of hydrogen-bond acceptors (Lipinski definition) is 3. The van der Waals surface area contributed by atoms with Gasteiger partial charge in [0.25, 0.3) is 11.2 Å². The van der Waals surface area contributed by atoms with Gasteiger partial charge in [0.1, 0.15) is 0 Å². The van der Waals surface area contributed by atoms with Crippen molar-refractivity contribution in [3.8, 4) is 11.1 Å². The lowest BCUT2D eigenvalue weighted by atomic mass is 9.96. The Labute approximate surface area is 110 Å². The van der Waals surface area contributed by atoms with E-state index in [1.54, 1.807) is 19.1 Å². The minimum Gasteiger partial charge on any atom is -0.326 e. The van der Waals surface area contributed by atoms with E-state index in [1.165, 1.54) is 12.1 Å². The van der Waals surface area contributed by atoms with E-state index in [9.17, 15) is 14.9 Å². The molecule has 98 valence electrons. The van der Waals surface area contributed by atoms with Crippen molar-refractivity contribution in [2.24, 2.45) is 0 Å². The number of aromatic amines is 1. The third-order valence-corrected chi connectivity index (χ3v) is 3.30. The van der Waals surface area contributed by atoms with E-state index < -0.39 is 4.92 Å². The number of H-pyrrole nitrogens is 1. The van der Waals surface area contributed by atoms with Crippen LogP contribution in [0.4, 0.5) is 5.69 Å². The molecule has 1 heterocycles. The van der Waals surface area contributed by atoms with Crippen LogP contribution in [0.25, 0.3) is 11.1 Å². The minimum absolute atomic E-state index is 0.0224. The second-order valence-corrected chi connectivity index (χ2v) is 4.51. The van der Waals surface area contributed by atoms with E-state index in [1.807, 2.05) is 13.8 Å². The molecular weight excluding hydrogens is 244 g/mol. The summed E-state index contributed by atoms with van der Waals surface area (Å²) in [7, 11) is 0. The van der Waals surface area contributed by atoms with Crippen LogP contribution in [0.15, 0.2) is 29.1 Å². The SMILES string of the molecule is Cc1[nH]c(=O)c(C)c(-c2cccc([N+](=O)[O-])c2)c1C. The van der Waals surface area contributed by atoms with E-state index in [-0.39, 0.29) is 11.2 Å². The monoisotopic (exact) mass is 258 g/mol. The third kappa shape index (κ3) is 2.27. The van der Waals surface area contributed by atoms with E-state index in [2.05, 4.69) is 4.98 Å². The molecule has 19 heavy (non-hydrogen) atoms. The van der Waals surface area contributed by atoms with Gasteiger partial charge in [-0.25, -0.2) is 0 Å². The standard InChI is InChI=1S/C14H14N2O3/c1-8-10(3)15-14(17)9(2)13(8)11-5-4-6-12(7-11)16(18)19/h4-7H,1-3H3,(H,15,17). The number of hydrogen-bond donors (Lipinski definition) is 1. The van der Waals surface area contributed by atoms with Crippen LogP contribution in [0.1, 0.15) is 16.8 Å². The molecule has 0 aliphatic heterocycles. The summed E-state index contributed by atoms with van der Waals surface area (Å²) in [6.45, 7) is 5.43. The van der Waals surface area contributed by atoms with Crippen LogP contribution < -0.4 is 5.56 Å². The second kappa shape index (κ2) is 4.68. The molecule has 0 unspecified atom stereocenters. The number of benzene rings is 1. The Morgan fingerprint density at radius 2 is 1.84 bits per heavy atom. The lowest BCUT2D eigenvalue weighted by Gasteiger charge is -2.11. The van der Waals surface area contributed by atoms with Crippen LogP contribution in [0.2, 0.25) is 0 Å². The average molecular weight is 258 g/mol. The molecule has 0 fully saturated rings. The summed E-state index contributed by atoms with van der Waals surface area (Å²) in [4.78, 5) is 25.0. The molecule has 2 rings (SSSR count). The Bertz CT molecular complexity index is 717. The minimum atomic E-state index is -0.436. The molecule has 1 aromatic carbocycles. The number of non-ortho nitro benzene ring substituents is 1. The van der Waals surface area contributed by atoms with E-state index in [0.717, 1.165) is 16.8 Å². The summed E-state index contributed by atoms with van der Waals surface area (Å²) in [6.07, 6.45) is 0. The molecule has 0 radical (unpaired) electrons. The molecule has 1 N–H and O–H groups in total. The summed E-state index contributed by atoms with van der Waals surface area (Å²) in [6, 6.07) is 6.34. The molecule has 5 nitrogen and oxygen atoms in total. The molecular formula is C14H14N2O3. The molecule has 0 saturated carbocycles. The zero-order valence-electron chi connectivity index (χ0n) is 11.0. The van der Waals surface area contributed by atoms with E-state index >= 15 is 0 Å². The number of nitrogens with one attached hydrogen (secondary N) is 1. The predicted octanol–water partition coefficient (Wildman–Crippen LogP) is 2.88. The summed E-state index contributed by atoms with van der Waals surface area (Å²) in [5, 5.41) is 10.8. The summed E-state index contributed by atoms with van der Waals surface area (Å²) in [5.74, 6) is 0. The molecule has 1 aromatic heterocycles. The fraction of sp³-hybridized carbons (Fsp3) is 0.214. The highest BCUT2D eigenvalue weighted by molar-refractivity contribution is 5.72. The van der Waals surface area contributed by atoms with Gasteiger partial charge in [-0.15, -0.1) is 0 Å². The first-order valence-electron chi connectivity index (χ1n) is 5.86. The van der Waals surface area contributed by atoms with Crippen molar-refractivity contribution in [3.63, 3.8) is 0 Å². The largest absolute Gasteiger partial charge is 0.326 e. The van der Waals surface area contributed by atoms with Gasteiger partial charge in [-0.3, -0.25) is 14.9 Å². The lowest BCUT2D eigenvalue weighted by molar-refractivity contribution is -0.384. The highest BCUT2D eigenvalue weighted by Crippen LogP contribution is 2.28. The maximum atomic E-state index is 11.8. The zero-order chi connectivity index (χ0) is 14.2. The van der Waals surface area contributed by atoms with Gasteiger partial charge >= 0.3 is 0 Å². The normalized spacial score (nSPS) is 10.5. The highest BCUT2D eigenvalue weighted by atomic mass is 16.6. The van der Waals surface area contributed by atoms with Gasteiger partial charge in [-0.1, -0.05) is 12.1 Å². The van der Waals surface area contributed by atoms with Gasteiger partial charge < -0.3 is 4.98 Å². The van der Waals surface area contributed by atoms with E-state index in [0.29, 0.717) is 11.1 Å². The molecule has 0 aliphatic carbocycles. The first kappa shape index (κ1) is 13.0. The number of nitro benzene ring substituents is 1. The van der Waals surface area contributed by atoms with Crippen LogP contribution in [0, 0.1) is 30.9 Å². The molecule has 5 heteroatoms. The van der Waals surface area contributed by atoms with Crippen molar-refractivity contribution in [1.29, 1.82) is 0 Å². The van der Waals surface area contributed by atoms with Crippen molar-refractivity contribution < 1.29 is 4.92 Å². The first-order valence-corrected chi connectivity index (χ1v) is 5.86. The number of rotatable bonds is 2. The van der Waals surface area contributed by atoms with Crippen LogP contribution in [0.5, 0.6) is 0 Å². The molecule has 0 saturated heterocycles. The quantitative estimate of drug-likeness (QED) is 0.664. The topological polar surface area (TPSA) is 76.0 Å². The average Bonchev–Trinajstić information content (AvgIpc) is 2.37. The number of aromatic nitrogens is 1. The maximum absolute atomic E-state index is 11.8. The zero-order valence-corrected chi connectivity index (χ0v) is 11.0. The second-order valence-electron chi connectivity index (χ2n) is 4.51. The molecule has 0 bridgehead atoms. The Morgan fingerprint density at radius 1 is 1.16 bits per heavy atom. The Kier molecular flexibility index (Phi) is 3.21. The van der Waals surface area contributed by atoms with Crippen molar-refractivity contribution in [1.82, 2.24) is 4.98 Å². The maximum Gasteiger partial charge on any atom is 0.270 e. The van der Waals surface area contributed by atoms with Crippen molar-refractivity contribution >= 4 is 5.69 Å². The van der Waals surface area contributed by atoms with Crippen molar-refractivity contribution in [3.05, 3.63) is 61.6 Å². The molecule has 0 amide bonds. The van der Waals surface area contributed by atoms with E-state index in [4.69, 9.17) is 0 Å². The fourth-order valence-electron chi connectivity index (χ4n) is 2.15. The third-order valence-electron chi connectivity index (χ3n) is 3.30. The summed E-state index contributed by atoms with van der Waals surface area (Å²) >= 11 is 0. The smallest absolute Gasteiger partial charge is 0.270 e. The number of pyridine rings is 1. The Morgan fingerprint density at radius 3 is 2.47 bits per heavy atom. The van der Waals surface area contributed by atoms with Gasteiger partial charge in [0, 0.05) is 23.4 Å². The summed E-state index contributed by atoms with van der Waals surface area (Å²) < 4.78 is 0. The predicted molar refractivity (Wildman–Crippen MR) is 73.4 cm³/mol. The highest BCUT2D eigenvalue weighted by Gasteiger charge is 2.14. The fourth-order valence-corrected chi connectivity index (χ4v) is 2.15. The number of nitro groups is 1. The van der Waals surface area contributed by atoms with Crippen LogP contribution in [-0.2, 0) is 0 Å². The van der Waals surface area contributed by atoms with Gasteiger partial charge in [0.05, 0.1) is 4.92 Å². The van der Waals surface area contributed by atoms with Crippen molar-refractivity contribution in [2.75, 3.05) is 0 Å². The van der Waals surface area contributed by atoms with Crippen LogP contribution >= 0.6 is 0 Å². The van der Waals surface area contributed by atoms with Gasteiger partial charge in [0.15, 0.2) is 0 Å². The van der Waals surface area contributed by atoms with Gasteiger partial charge in [-0.2, -0.15) is 0 Å².